The van der Waals surface area contributed by atoms with Crippen molar-refractivity contribution in [2.75, 3.05) is 44.5 Å². The molecular formula is C16H23N3O2. The van der Waals surface area contributed by atoms with E-state index in [1.54, 1.807) is 13.3 Å². The van der Waals surface area contributed by atoms with Crippen molar-refractivity contribution in [3.05, 3.63) is 30.6 Å². The summed E-state index contributed by atoms with van der Waals surface area (Å²) in [7, 11) is 1.68. The Morgan fingerprint density at radius 3 is 2.86 bits per heavy atom. The number of hydrogen-bond acceptors (Lipinski definition) is 5. The highest BCUT2D eigenvalue weighted by Gasteiger charge is 2.03. The minimum atomic E-state index is 0.655. The lowest BCUT2D eigenvalue weighted by Gasteiger charge is -2.11. The predicted octanol–water partition coefficient (Wildman–Crippen LogP) is 2.67. The summed E-state index contributed by atoms with van der Waals surface area (Å²) in [6.45, 7) is 3.00. The number of ether oxygens (including phenoxy) is 2. The van der Waals surface area contributed by atoms with Crippen LogP contribution in [0, 0.1) is 0 Å². The van der Waals surface area contributed by atoms with E-state index in [2.05, 4.69) is 10.3 Å². The van der Waals surface area contributed by atoms with Gasteiger partial charge in [-0.2, -0.15) is 0 Å². The third kappa shape index (κ3) is 4.58. The van der Waals surface area contributed by atoms with E-state index < -0.39 is 0 Å². The summed E-state index contributed by atoms with van der Waals surface area (Å²) < 4.78 is 10.4. The second-order valence-corrected chi connectivity index (χ2v) is 4.86. The lowest BCUT2D eigenvalue weighted by molar-refractivity contribution is 0.0691. The van der Waals surface area contributed by atoms with Gasteiger partial charge in [-0.25, -0.2) is 0 Å². The molecule has 2 aromatic rings. The van der Waals surface area contributed by atoms with Gasteiger partial charge in [0.1, 0.15) is 0 Å². The minimum Gasteiger partial charge on any atom is -0.398 e. The first-order valence-corrected chi connectivity index (χ1v) is 7.25. The summed E-state index contributed by atoms with van der Waals surface area (Å²) in [5.74, 6) is 0. The maximum atomic E-state index is 5.98. The van der Waals surface area contributed by atoms with Gasteiger partial charge >= 0.3 is 0 Å². The highest BCUT2D eigenvalue weighted by atomic mass is 16.5. The number of rotatable bonds is 9. The number of anilines is 2. The maximum Gasteiger partial charge on any atom is 0.0700 e. The van der Waals surface area contributed by atoms with Crippen LogP contribution in [0.5, 0.6) is 0 Å². The molecule has 3 N–H and O–H groups in total. The summed E-state index contributed by atoms with van der Waals surface area (Å²) in [4.78, 5) is 4.17. The van der Waals surface area contributed by atoms with Crippen molar-refractivity contribution >= 4 is 22.1 Å². The van der Waals surface area contributed by atoms with Crippen molar-refractivity contribution in [2.24, 2.45) is 0 Å². The van der Waals surface area contributed by atoms with Crippen LogP contribution in [0.25, 0.3) is 10.8 Å². The van der Waals surface area contributed by atoms with Crippen molar-refractivity contribution in [2.45, 2.75) is 12.8 Å². The summed E-state index contributed by atoms with van der Waals surface area (Å²) in [5, 5.41) is 5.54. The molecule has 21 heavy (non-hydrogen) atoms. The number of fused-ring (bicyclic) bond motifs is 1. The van der Waals surface area contributed by atoms with Crippen molar-refractivity contribution in [3.63, 3.8) is 0 Å². The molecule has 114 valence electrons. The zero-order chi connectivity index (χ0) is 14.9. The molecule has 1 heterocycles. The Labute approximate surface area is 125 Å². The van der Waals surface area contributed by atoms with Gasteiger partial charge in [-0.3, -0.25) is 4.98 Å². The van der Waals surface area contributed by atoms with E-state index in [9.17, 15) is 0 Å². The van der Waals surface area contributed by atoms with Gasteiger partial charge in [-0.15, -0.1) is 0 Å². The van der Waals surface area contributed by atoms with Crippen molar-refractivity contribution < 1.29 is 9.47 Å². The van der Waals surface area contributed by atoms with E-state index >= 15 is 0 Å². The van der Waals surface area contributed by atoms with Gasteiger partial charge in [-0.1, -0.05) is 0 Å². The van der Waals surface area contributed by atoms with E-state index in [4.69, 9.17) is 15.2 Å². The van der Waals surface area contributed by atoms with Crippen molar-refractivity contribution in [1.29, 1.82) is 0 Å². The third-order valence-electron chi connectivity index (χ3n) is 3.31. The monoisotopic (exact) mass is 289 g/mol. The van der Waals surface area contributed by atoms with Gasteiger partial charge in [0.15, 0.2) is 0 Å². The lowest BCUT2D eigenvalue weighted by atomic mass is 10.1. The van der Waals surface area contributed by atoms with Crippen LogP contribution in [0.2, 0.25) is 0 Å². The molecule has 0 spiro atoms. The summed E-state index contributed by atoms with van der Waals surface area (Å²) in [6, 6.07) is 5.88. The highest BCUT2D eigenvalue weighted by Crippen LogP contribution is 2.27. The standard InChI is InChI=1S/C16H23N3O2/c1-20-10-11-21-9-3-2-7-19-16-5-4-15(17)13-6-8-18-12-14(13)16/h4-6,8,12,19H,2-3,7,9-11,17H2,1H3. The van der Waals surface area contributed by atoms with E-state index in [1.165, 1.54) is 0 Å². The van der Waals surface area contributed by atoms with Gasteiger partial charge in [-0.05, 0) is 31.0 Å². The van der Waals surface area contributed by atoms with Crippen LogP contribution in [-0.4, -0.2) is 38.5 Å². The van der Waals surface area contributed by atoms with E-state index in [0.29, 0.717) is 13.2 Å². The fourth-order valence-electron chi connectivity index (χ4n) is 2.16. The summed E-state index contributed by atoms with van der Waals surface area (Å²) in [5.41, 5.74) is 7.84. The number of hydrogen-bond donors (Lipinski definition) is 2. The molecule has 5 heteroatoms. The van der Waals surface area contributed by atoms with Crippen molar-refractivity contribution in [1.82, 2.24) is 4.98 Å². The molecule has 0 bridgehead atoms. The molecule has 0 saturated heterocycles. The molecule has 0 amide bonds. The molecule has 0 atom stereocenters. The number of nitrogen functional groups attached to an aromatic ring is 1. The Morgan fingerprint density at radius 2 is 2.00 bits per heavy atom. The smallest absolute Gasteiger partial charge is 0.0700 e. The van der Waals surface area contributed by atoms with E-state index in [0.717, 1.165) is 48.1 Å². The average Bonchev–Trinajstić information content (AvgIpc) is 2.52. The molecular weight excluding hydrogens is 266 g/mol. The fourth-order valence-corrected chi connectivity index (χ4v) is 2.16. The van der Waals surface area contributed by atoms with Crippen LogP contribution in [0.3, 0.4) is 0 Å². The Hall–Kier alpha value is -1.85. The first-order chi connectivity index (χ1) is 10.3. The quantitative estimate of drug-likeness (QED) is 0.548. The molecule has 0 unspecified atom stereocenters. The Kier molecular flexibility index (Phi) is 6.24. The number of benzene rings is 1. The zero-order valence-corrected chi connectivity index (χ0v) is 12.5. The molecule has 0 radical (unpaired) electrons. The van der Waals surface area contributed by atoms with Gasteiger partial charge < -0.3 is 20.5 Å². The molecule has 1 aromatic heterocycles. The van der Waals surface area contributed by atoms with Crippen LogP contribution in [-0.2, 0) is 9.47 Å². The van der Waals surface area contributed by atoms with Crippen LogP contribution >= 0.6 is 0 Å². The fraction of sp³-hybridized carbons (Fsp3) is 0.438. The molecule has 1 aromatic carbocycles. The Balaban J connectivity index is 1.78. The normalized spacial score (nSPS) is 10.9. The number of pyridine rings is 1. The second-order valence-electron chi connectivity index (χ2n) is 4.86. The molecule has 2 rings (SSSR count). The SMILES string of the molecule is COCCOCCCCNc1ccc(N)c2ccncc12. The molecule has 0 aliphatic heterocycles. The van der Waals surface area contributed by atoms with Gasteiger partial charge in [0.05, 0.1) is 13.2 Å². The molecule has 0 saturated carbocycles. The molecule has 0 fully saturated rings. The minimum absolute atomic E-state index is 0.655. The zero-order valence-electron chi connectivity index (χ0n) is 12.5. The van der Waals surface area contributed by atoms with Crippen LogP contribution in [0.4, 0.5) is 11.4 Å². The van der Waals surface area contributed by atoms with Gasteiger partial charge in [0.25, 0.3) is 0 Å². The highest BCUT2D eigenvalue weighted by molar-refractivity contribution is 6.00. The molecule has 5 nitrogen and oxygen atoms in total. The largest absolute Gasteiger partial charge is 0.398 e. The van der Waals surface area contributed by atoms with Crippen LogP contribution in [0.15, 0.2) is 30.6 Å². The Morgan fingerprint density at radius 1 is 1.10 bits per heavy atom. The lowest BCUT2D eigenvalue weighted by Crippen LogP contribution is -2.06. The number of nitrogens with zero attached hydrogens (tertiary/aromatic N) is 1. The average molecular weight is 289 g/mol. The summed E-state index contributed by atoms with van der Waals surface area (Å²) in [6.07, 6.45) is 5.70. The Bertz CT molecular complexity index is 560. The number of nitrogens with one attached hydrogen (secondary N) is 1. The number of aromatic nitrogens is 1. The van der Waals surface area contributed by atoms with E-state index in [1.807, 2.05) is 24.4 Å². The third-order valence-corrected chi connectivity index (χ3v) is 3.31. The number of unbranched alkanes of at least 4 members (excludes halogenated alkanes) is 1. The molecule has 0 aliphatic rings. The van der Waals surface area contributed by atoms with Crippen LogP contribution < -0.4 is 11.1 Å². The van der Waals surface area contributed by atoms with E-state index in [-0.39, 0.29) is 0 Å². The number of nitrogens with two attached hydrogens (primary N) is 1. The number of methoxy groups -OCH3 is 1. The molecule has 0 aliphatic carbocycles. The van der Waals surface area contributed by atoms with Gasteiger partial charge in [0, 0.05) is 54.8 Å². The predicted molar refractivity (Wildman–Crippen MR) is 86.6 cm³/mol. The first kappa shape index (κ1) is 15.5. The topological polar surface area (TPSA) is 69.4 Å². The van der Waals surface area contributed by atoms with Crippen LogP contribution in [0.1, 0.15) is 12.8 Å². The van der Waals surface area contributed by atoms with Gasteiger partial charge in [0.2, 0.25) is 0 Å². The first-order valence-electron chi connectivity index (χ1n) is 7.25. The maximum absolute atomic E-state index is 5.98. The second kappa shape index (κ2) is 8.44. The summed E-state index contributed by atoms with van der Waals surface area (Å²) >= 11 is 0. The van der Waals surface area contributed by atoms with Crippen molar-refractivity contribution in [3.8, 4) is 0 Å².